The molecule has 0 atom stereocenters. The van der Waals surface area contributed by atoms with E-state index in [-0.39, 0.29) is 24.0 Å². The van der Waals surface area contributed by atoms with Crippen molar-refractivity contribution in [2.45, 2.75) is 6.92 Å². The first-order chi connectivity index (χ1) is 4.56. The topological polar surface area (TPSA) is 0 Å². The van der Waals surface area contributed by atoms with Gasteiger partial charge >= 0.3 is 7.25 Å². The number of rotatable bonds is 1. The standard InChI is InChI=1S/C5H14N.BF4.HI/c1-5-6(2,3)4;2-1(3,4)5;/h5H2,1-4H3;;1H/q+1;-1;. The summed E-state index contributed by atoms with van der Waals surface area (Å²) in [5.41, 5.74) is 0. The van der Waals surface area contributed by atoms with E-state index in [1.54, 1.807) is 0 Å². The smallest absolute Gasteiger partial charge is 0.418 e. The Kier molecular flexibility index (Phi) is 10.6. The van der Waals surface area contributed by atoms with Gasteiger partial charge < -0.3 is 21.7 Å². The van der Waals surface area contributed by atoms with Crippen molar-refractivity contribution in [3.8, 4) is 0 Å². The molecule has 0 aliphatic carbocycles. The molecule has 0 aliphatic rings. The Morgan fingerprint density at radius 1 is 1.00 bits per heavy atom. The SMILES string of the molecule is CC[N+](C)(C)C.F[B-](F)(F)F.I. The van der Waals surface area contributed by atoms with Crippen LogP contribution in [0.15, 0.2) is 0 Å². The zero-order chi connectivity index (χ0) is 9.71. The van der Waals surface area contributed by atoms with Crippen molar-refractivity contribution in [2.24, 2.45) is 0 Å². The van der Waals surface area contributed by atoms with Gasteiger partial charge in [-0.15, -0.1) is 24.0 Å². The van der Waals surface area contributed by atoms with Crippen LogP contribution in [0.5, 0.6) is 0 Å². The van der Waals surface area contributed by atoms with Crippen molar-refractivity contribution in [1.82, 2.24) is 0 Å². The number of halogens is 5. The predicted octanol–water partition coefficient (Wildman–Crippen LogP) is 2.63. The van der Waals surface area contributed by atoms with E-state index in [1.807, 2.05) is 0 Å². The van der Waals surface area contributed by atoms with Crippen LogP contribution in [0, 0.1) is 0 Å². The van der Waals surface area contributed by atoms with Gasteiger partial charge in [0, 0.05) is 0 Å². The minimum atomic E-state index is -6.00. The van der Waals surface area contributed by atoms with Crippen molar-refractivity contribution >= 4 is 31.2 Å². The molecule has 0 aliphatic heterocycles. The van der Waals surface area contributed by atoms with Crippen LogP contribution in [0.1, 0.15) is 6.92 Å². The normalized spacial score (nSPS) is 11.0. The van der Waals surface area contributed by atoms with Gasteiger partial charge in [-0.05, 0) is 6.92 Å². The Balaban J connectivity index is -0.000000126. The molecule has 0 heterocycles. The lowest BCUT2D eigenvalue weighted by Crippen LogP contribution is -2.33. The highest BCUT2D eigenvalue weighted by atomic mass is 127. The summed E-state index contributed by atoms with van der Waals surface area (Å²) in [6, 6.07) is 0. The van der Waals surface area contributed by atoms with Gasteiger partial charge in [0.15, 0.2) is 0 Å². The summed E-state index contributed by atoms with van der Waals surface area (Å²) in [5, 5.41) is 0. The van der Waals surface area contributed by atoms with Gasteiger partial charge in [0.25, 0.3) is 0 Å². The zero-order valence-electron chi connectivity index (χ0n) is 7.65. The summed E-state index contributed by atoms with van der Waals surface area (Å²) < 4.78 is 40.1. The first-order valence-corrected chi connectivity index (χ1v) is 3.24. The van der Waals surface area contributed by atoms with Gasteiger partial charge in [-0.3, -0.25) is 0 Å². The predicted molar refractivity (Wildman–Crippen MR) is 54.2 cm³/mol. The van der Waals surface area contributed by atoms with E-state index in [4.69, 9.17) is 0 Å². The molecule has 0 unspecified atom stereocenters. The third-order valence-electron chi connectivity index (χ3n) is 0.949. The minimum absolute atomic E-state index is 0. The molecule has 78 valence electrons. The maximum absolute atomic E-state index is 9.75. The van der Waals surface area contributed by atoms with Crippen molar-refractivity contribution < 1.29 is 21.7 Å². The van der Waals surface area contributed by atoms with Gasteiger partial charge in [-0.25, -0.2) is 0 Å². The maximum atomic E-state index is 9.75. The lowest BCUT2D eigenvalue weighted by molar-refractivity contribution is -0.868. The van der Waals surface area contributed by atoms with E-state index in [0.717, 1.165) is 4.48 Å². The molecule has 1 nitrogen and oxygen atoms in total. The van der Waals surface area contributed by atoms with Gasteiger partial charge in [-0.1, -0.05) is 0 Å². The van der Waals surface area contributed by atoms with Crippen LogP contribution in [0.4, 0.5) is 17.3 Å². The Morgan fingerprint density at radius 3 is 1.08 bits per heavy atom. The Morgan fingerprint density at radius 2 is 1.08 bits per heavy atom. The van der Waals surface area contributed by atoms with Crippen LogP contribution in [0.2, 0.25) is 0 Å². The first-order valence-electron chi connectivity index (χ1n) is 3.24. The van der Waals surface area contributed by atoms with Crippen LogP contribution >= 0.6 is 24.0 Å². The maximum Gasteiger partial charge on any atom is 0.673 e. The van der Waals surface area contributed by atoms with E-state index in [2.05, 4.69) is 28.1 Å². The lowest BCUT2D eigenvalue weighted by Gasteiger charge is -2.20. The summed E-state index contributed by atoms with van der Waals surface area (Å²) in [4.78, 5) is 0. The Bertz CT molecular complexity index is 94.6. The molecular weight excluding hydrogens is 288 g/mol. The second-order valence-corrected chi connectivity index (χ2v) is 3.10. The van der Waals surface area contributed by atoms with Crippen molar-refractivity contribution in [3.63, 3.8) is 0 Å². The van der Waals surface area contributed by atoms with Gasteiger partial charge in [0.1, 0.15) is 0 Å². The van der Waals surface area contributed by atoms with Gasteiger partial charge in [0.2, 0.25) is 0 Å². The van der Waals surface area contributed by atoms with E-state index in [1.165, 1.54) is 6.54 Å². The fraction of sp³-hybridized carbons (Fsp3) is 1.00. The molecule has 7 heteroatoms. The largest absolute Gasteiger partial charge is 0.673 e. The Hall–Kier alpha value is 0.475. The molecular formula is C5H15BF4IN. The molecule has 0 rings (SSSR count). The molecule has 0 spiro atoms. The summed E-state index contributed by atoms with van der Waals surface area (Å²) in [6.07, 6.45) is 0. The van der Waals surface area contributed by atoms with Gasteiger partial charge in [0.05, 0.1) is 27.7 Å². The molecule has 0 aromatic carbocycles. The molecule has 0 aromatic rings. The van der Waals surface area contributed by atoms with E-state index < -0.39 is 7.25 Å². The molecule has 0 saturated heterocycles. The number of hydrogen-bond donors (Lipinski definition) is 0. The summed E-state index contributed by atoms with van der Waals surface area (Å²) in [5.74, 6) is 0. The monoisotopic (exact) mass is 303 g/mol. The average molecular weight is 303 g/mol. The van der Waals surface area contributed by atoms with Crippen LogP contribution in [0.3, 0.4) is 0 Å². The van der Waals surface area contributed by atoms with E-state index in [0.29, 0.717) is 0 Å². The second kappa shape index (κ2) is 6.93. The van der Waals surface area contributed by atoms with E-state index >= 15 is 0 Å². The van der Waals surface area contributed by atoms with Crippen molar-refractivity contribution in [1.29, 1.82) is 0 Å². The van der Waals surface area contributed by atoms with Gasteiger partial charge in [-0.2, -0.15) is 0 Å². The van der Waals surface area contributed by atoms with Crippen molar-refractivity contribution in [2.75, 3.05) is 27.7 Å². The van der Waals surface area contributed by atoms with Crippen LogP contribution in [-0.2, 0) is 0 Å². The average Bonchev–Trinajstić information content (AvgIpc) is 1.59. The molecule has 0 aromatic heterocycles. The highest BCUT2D eigenvalue weighted by Gasteiger charge is 2.20. The molecule has 0 saturated carbocycles. The Labute approximate surface area is 87.8 Å². The van der Waals surface area contributed by atoms with Crippen LogP contribution < -0.4 is 0 Å². The molecule has 0 bridgehead atoms. The molecule has 0 fully saturated rings. The third-order valence-corrected chi connectivity index (χ3v) is 0.949. The second-order valence-electron chi connectivity index (χ2n) is 3.10. The summed E-state index contributed by atoms with van der Waals surface area (Å²) in [7, 11) is 0.542. The highest BCUT2D eigenvalue weighted by molar-refractivity contribution is 14.0. The quantitative estimate of drug-likeness (QED) is 0.302. The van der Waals surface area contributed by atoms with E-state index in [9.17, 15) is 17.3 Å². The number of nitrogens with zero attached hydrogens (tertiary/aromatic N) is 1. The lowest BCUT2D eigenvalue weighted by atomic mass is 10.3. The number of quaternary nitrogens is 1. The van der Waals surface area contributed by atoms with Crippen LogP contribution in [-0.4, -0.2) is 39.4 Å². The highest BCUT2D eigenvalue weighted by Crippen LogP contribution is 2.06. The summed E-state index contributed by atoms with van der Waals surface area (Å²) >= 11 is 0. The molecule has 0 radical (unpaired) electrons. The third kappa shape index (κ3) is 77.9. The fourth-order valence-electron chi connectivity index (χ4n) is 0. The van der Waals surface area contributed by atoms with Crippen molar-refractivity contribution in [3.05, 3.63) is 0 Å². The summed E-state index contributed by atoms with van der Waals surface area (Å²) in [6.45, 7) is 3.39. The molecule has 0 N–H and O–H groups in total. The minimum Gasteiger partial charge on any atom is -0.418 e. The molecule has 0 amide bonds. The zero-order valence-corrected chi connectivity index (χ0v) is 9.98. The molecule has 12 heavy (non-hydrogen) atoms. The van der Waals surface area contributed by atoms with Crippen LogP contribution in [0.25, 0.3) is 0 Å². The first kappa shape index (κ1) is 18.3. The fourth-order valence-corrected chi connectivity index (χ4v) is 0. The number of hydrogen-bond acceptors (Lipinski definition) is 0.